The van der Waals surface area contributed by atoms with Crippen molar-refractivity contribution in [3.05, 3.63) is 66.2 Å². The van der Waals surface area contributed by atoms with Crippen molar-refractivity contribution >= 4 is 53.6 Å². The van der Waals surface area contributed by atoms with Gasteiger partial charge in [0.15, 0.2) is 5.78 Å². The zero-order valence-corrected chi connectivity index (χ0v) is 20.9. The largest absolute Gasteiger partial charge is 0.460 e. The van der Waals surface area contributed by atoms with Gasteiger partial charge in [-0.2, -0.15) is 5.26 Å². The van der Waals surface area contributed by atoms with Crippen LogP contribution in [-0.2, 0) is 9.53 Å². The Morgan fingerprint density at radius 3 is 2.47 bits per heavy atom. The molecule has 2 aliphatic rings. The number of allylic oxidation sites excluding steroid dienone is 3. The molecule has 2 N–H and O–H groups in total. The number of ketones is 1. The van der Waals surface area contributed by atoms with Gasteiger partial charge >= 0.3 is 0 Å². The molecule has 1 atom stereocenters. The molecule has 1 aromatic heterocycles. The first-order valence-electron chi connectivity index (χ1n) is 9.20. The molecule has 0 bridgehead atoms. The van der Waals surface area contributed by atoms with Gasteiger partial charge in [0.25, 0.3) is 0 Å². The minimum atomic E-state index is -0.677. The molecule has 0 spiro atoms. The molecule has 30 heavy (non-hydrogen) atoms. The smallest absolute Gasteiger partial charge is 0.205 e. The van der Waals surface area contributed by atoms with Crippen molar-refractivity contribution in [1.82, 2.24) is 0 Å². The van der Waals surface area contributed by atoms with Crippen LogP contribution >= 0.6 is 47.8 Å². The van der Waals surface area contributed by atoms with Crippen molar-refractivity contribution in [2.24, 2.45) is 11.1 Å². The van der Waals surface area contributed by atoms with Crippen molar-refractivity contribution < 1.29 is 13.9 Å². The maximum atomic E-state index is 13.0. The molecule has 0 saturated heterocycles. The molecule has 1 aliphatic heterocycles. The van der Waals surface area contributed by atoms with Gasteiger partial charge in [-0.1, -0.05) is 29.8 Å². The Morgan fingerprint density at radius 2 is 1.83 bits per heavy atom. The van der Waals surface area contributed by atoms with Crippen LogP contribution < -0.4 is 5.73 Å². The number of nitrogens with zero attached hydrogens (tertiary/aromatic N) is 1. The van der Waals surface area contributed by atoms with Crippen molar-refractivity contribution in [2.45, 2.75) is 32.6 Å². The molecule has 2 aromatic rings. The third-order valence-electron chi connectivity index (χ3n) is 5.24. The van der Waals surface area contributed by atoms with Crippen LogP contribution in [-0.4, -0.2) is 5.78 Å². The molecule has 0 radical (unpaired) electrons. The number of furan rings is 1. The van der Waals surface area contributed by atoms with Gasteiger partial charge in [-0.25, -0.2) is 0 Å². The zero-order valence-electron chi connectivity index (χ0n) is 16.2. The van der Waals surface area contributed by atoms with E-state index in [0.29, 0.717) is 35.7 Å². The summed E-state index contributed by atoms with van der Waals surface area (Å²) in [6.45, 7) is 4.03. The fourth-order valence-corrected chi connectivity index (χ4v) is 6.64. The molecule has 1 aromatic carbocycles. The molecule has 0 saturated carbocycles. The molecule has 0 amide bonds. The van der Waals surface area contributed by atoms with Crippen molar-refractivity contribution in [3.8, 4) is 17.4 Å². The normalized spacial score (nSPS) is 20.7. The monoisotopic (exact) mass is 594 g/mol. The predicted octanol–water partition coefficient (Wildman–Crippen LogP) is 6.68. The number of rotatable bonds is 2. The van der Waals surface area contributed by atoms with Crippen LogP contribution in [0, 0.1) is 16.7 Å². The summed E-state index contributed by atoms with van der Waals surface area (Å²) in [5.74, 6) is 0.913. The summed E-state index contributed by atoms with van der Waals surface area (Å²) in [7, 11) is 0. The summed E-state index contributed by atoms with van der Waals surface area (Å²) in [6, 6.07) is 9.56. The van der Waals surface area contributed by atoms with Crippen molar-refractivity contribution in [1.29, 1.82) is 5.26 Å². The first-order valence-corrected chi connectivity index (χ1v) is 11.6. The Labute approximate surface area is 199 Å². The summed E-state index contributed by atoms with van der Waals surface area (Å²) in [5.41, 5.74) is 7.33. The fourth-order valence-electron chi connectivity index (χ4n) is 3.99. The van der Waals surface area contributed by atoms with Crippen LogP contribution in [0.4, 0.5) is 0 Å². The number of carbonyl (C=O) groups is 1. The van der Waals surface area contributed by atoms with Crippen LogP contribution in [0.2, 0.25) is 0 Å². The van der Waals surface area contributed by atoms with E-state index in [1.165, 1.54) is 0 Å². The van der Waals surface area contributed by atoms with Gasteiger partial charge in [0, 0.05) is 37.4 Å². The number of carbonyl (C=O) groups excluding carboxylic acids is 1. The minimum Gasteiger partial charge on any atom is -0.460 e. The molecule has 8 heteroatoms. The number of halogens is 3. The topological polar surface area (TPSA) is 89.2 Å². The molecule has 1 aliphatic carbocycles. The maximum absolute atomic E-state index is 13.0. The van der Waals surface area contributed by atoms with Gasteiger partial charge in [0.05, 0.1) is 5.92 Å². The highest BCUT2D eigenvalue weighted by atomic mass is 79.9. The van der Waals surface area contributed by atoms with E-state index < -0.39 is 5.92 Å². The lowest BCUT2D eigenvalue weighted by Crippen LogP contribution is -2.33. The van der Waals surface area contributed by atoms with Gasteiger partial charge in [-0.3, -0.25) is 4.79 Å². The minimum absolute atomic E-state index is 0.0238. The molecule has 2 heterocycles. The average Bonchev–Trinajstić information content (AvgIpc) is 3.07. The highest BCUT2D eigenvalue weighted by Crippen LogP contribution is 2.49. The van der Waals surface area contributed by atoms with E-state index in [1.807, 2.05) is 32.0 Å². The molecular weight excluding hydrogens is 580 g/mol. The molecule has 1 unspecified atom stereocenters. The molecule has 4 rings (SSSR count). The Balaban J connectivity index is 1.85. The van der Waals surface area contributed by atoms with Crippen LogP contribution in [0.5, 0.6) is 0 Å². The fraction of sp³-hybridized carbons (Fsp3) is 0.273. The lowest BCUT2D eigenvalue weighted by atomic mass is 9.71. The quantitative estimate of drug-likeness (QED) is 0.417. The Kier molecular flexibility index (Phi) is 5.50. The van der Waals surface area contributed by atoms with Crippen LogP contribution in [0.15, 0.2) is 64.9 Å². The first-order chi connectivity index (χ1) is 14.1. The summed E-state index contributed by atoms with van der Waals surface area (Å²) < 4.78 is 14.5. The van der Waals surface area contributed by atoms with Crippen molar-refractivity contribution in [2.75, 3.05) is 0 Å². The SMILES string of the molecule is CC1(C)CC(=O)C2=C(C1)OC(N)=C(C#N)C2c1ccc(-c2c(Br)cc(Br)cc2Br)o1. The van der Waals surface area contributed by atoms with E-state index in [4.69, 9.17) is 14.9 Å². The number of nitriles is 1. The second kappa shape index (κ2) is 7.70. The van der Waals surface area contributed by atoms with E-state index in [-0.39, 0.29) is 22.7 Å². The zero-order chi connectivity index (χ0) is 21.8. The molecule has 0 fully saturated rings. The second-order valence-electron chi connectivity index (χ2n) is 8.15. The predicted molar refractivity (Wildman–Crippen MR) is 123 cm³/mol. The summed E-state index contributed by atoms with van der Waals surface area (Å²) in [6.07, 6.45) is 0.947. The van der Waals surface area contributed by atoms with Crippen LogP contribution in [0.3, 0.4) is 0 Å². The Morgan fingerprint density at radius 1 is 1.17 bits per heavy atom. The lowest BCUT2D eigenvalue weighted by Gasteiger charge is -2.36. The number of hydrogen-bond donors (Lipinski definition) is 1. The Hall–Kier alpha value is -1.82. The van der Waals surface area contributed by atoms with E-state index in [2.05, 4.69) is 53.9 Å². The number of hydrogen-bond acceptors (Lipinski definition) is 5. The maximum Gasteiger partial charge on any atom is 0.205 e. The highest BCUT2D eigenvalue weighted by Gasteiger charge is 2.44. The van der Waals surface area contributed by atoms with Gasteiger partial charge in [0.2, 0.25) is 5.88 Å². The van der Waals surface area contributed by atoms with Crippen molar-refractivity contribution in [3.63, 3.8) is 0 Å². The van der Waals surface area contributed by atoms with Gasteiger partial charge in [0.1, 0.15) is 28.9 Å². The van der Waals surface area contributed by atoms with Gasteiger partial charge in [-0.15, -0.1) is 0 Å². The number of benzene rings is 1. The number of ether oxygens (including phenoxy) is 1. The van der Waals surface area contributed by atoms with E-state index in [9.17, 15) is 10.1 Å². The number of Topliss-reactive ketones (excluding diaryl/α,β-unsaturated/α-hetero) is 1. The second-order valence-corrected chi connectivity index (χ2v) is 10.8. The highest BCUT2D eigenvalue weighted by molar-refractivity contribution is 9.11. The third-order valence-corrected chi connectivity index (χ3v) is 6.95. The summed E-state index contributed by atoms with van der Waals surface area (Å²) in [4.78, 5) is 13.0. The van der Waals surface area contributed by atoms with E-state index in [0.717, 1.165) is 19.0 Å². The average molecular weight is 597 g/mol. The lowest BCUT2D eigenvalue weighted by molar-refractivity contribution is -0.119. The van der Waals surface area contributed by atoms with Gasteiger partial charge < -0.3 is 14.9 Å². The van der Waals surface area contributed by atoms with E-state index >= 15 is 0 Å². The molecular formula is C22H17Br3N2O3. The standard InChI is InChI=1S/C22H17Br3N2O3/c1-22(2)7-14(28)20-17(8-22)30-21(27)11(9-26)18(20)15-3-4-16(29-15)19-12(24)5-10(23)6-13(19)25/h3-6,18H,7-8,27H2,1-2H3. The Bertz CT molecular complexity index is 1160. The summed E-state index contributed by atoms with van der Waals surface area (Å²) >= 11 is 10.6. The first kappa shape index (κ1) is 21.4. The summed E-state index contributed by atoms with van der Waals surface area (Å²) in [5, 5.41) is 9.75. The molecule has 5 nitrogen and oxygen atoms in total. The van der Waals surface area contributed by atoms with Gasteiger partial charge in [-0.05, 0) is 61.5 Å². The van der Waals surface area contributed by atoms with Crippen LogP contribution in [0.25, 0.3) is 11.3 Å². The van der Waals surface area contributed by atoms with E-state index in [1.54, 1.807) is 6.07 Å². The third kappa shape index (κ3) is 3.68. The molecule has 154 valence electrons. The number of nitrogens with two attached hydrogens (primary N) is 1. The van der Waals surface area contributed by atoms with Crippen LogP contribution in [0.1, 0.15) is 38.4 Å².